The fraction of sp³-hybridized carbons (Fsp3) is 0.389. The van der Waals surface area contributed by atoms with Crippen molar-refractivity contribution in [2.45, 2.75) is 32.7 Å². The van der Waals surface area contributed by atoms with Crippen LogP contribution in [0.25, 0.3) is 0 Å². The predicted molar refractivity (Wildman–Crippen MR) is 89.1 cm³/mol. The molecular formula is C18H23N3. The van der Waals surface area contributed by atoms with E-state index in [1.165, 1.54) is 11.1 Å². The molecule has 0 saturated heterocycles. The SMILES string of the molecule is CCN(CC)c1ccc(NC2Cc3ccccc3C2)cn1. The Morgan fingerprint density at radius 3 is 2.24 bits per heavy atom. The van der Waals surface area contributed by atoms with Crippen molar-refractivity contribution in [2.75, 3.05) is 23.3 Å². The number of hydrogen-bond acceptors (Lipinski definition) is 3. The van der Waals surface area contributed by atoms with Crippen LogP contribution >= 0.6 is 0 Å². The maximum absolute atomic E-state index is 4.58. The van der Waals surface area contributed by atoms with E-state index in [1.807, 2.05) is 6.20 Å². The molecule has 0 fully saturated rings. The first-order chi connectivity index (χ1) is 10.3. The summed E-state index contributed by atoms with van der Waals surface area (Å²) in [5, 5.41) is 3.61. The van der Waals surface area contributed by atoms with Gasteiger partial charge in [-0.15, -0.1) is 0 Å². The molecule has 1 heterocycles. The summed E-state index contributed by atoms with van der Waals surface area (Å²) in [5.74, 6) is 1.06. The highest BCUT2D eigenvalue weighted by atomic mass is 15.2. The number of aromatic nitrogens is 1. The molecule has 3 rings (SSSR count). The number of nitrogens with one attached hydrogen (secondary N) is 1. The predicted octanol–water partition coefficient (Wildman–Crippen LogP) is 3.51. The van der Waals surface area contributed by atoms with Crippen molar-refractivity contribution in [3.8, 4) is 0 Å². The number of rotatable bonds is 5. The minimum absolute atomic E-state index is 0.489. The lowest BCUT2D eigenvalue weighted by atomic mass is 10.1. The molecule has 21 heavy (non-hydrogen) atoms. The van der Waals surface area contributed by atoms with E-state index in [2.05, 4.69) is 65.4 Å². The highest BCUT2D eigenvalue weighted by Crippen LogP contribution is 2.24. The number of pyridine rings is 1. The molecule has 0 spiro atoms. The van der Waals surface area contributed by atoms with E-state index < -0.39 is 0 Å². The Balaban J connectivity index is 1.64. The standard InChI is InChI=1S/C18H23N3/c1-3-21(4-2)18-10-9-16(13-19-18)20-17-11-14-7-5-6-8-15(14)12-17/h5-10,13,17,20H,3-4,11-12H2,1-2H3. The van der Waals surface area contributed by atoms with Crippen LogP contribution in [0.3, 0.4) is 0 Å². The number of nitrogens with zero attached hydrogens (tertiary/aromatic N) is 2. The third-order valence-electron chi connectivity index (χ3n) is 4.26. The molecule has 1 aliphatic carbocycles. The van der Waals surface area contributed by atoms with Gasteiger partial charge in [0.05, 0.1) is 11.9 Å². The van der Waals surface area contributed by atoms with Gasteiger partial charge >= 0.3 is 0 Å². The minimum Gasteiger partial charge on any atom is -0.380 e. The van der Waals surface area contributed by atoms with Crippen LogP contribution < -0.4 is 10.2 Å². The number of anilines is 2. The molecule has 1 aliphatic rings. The summed E-state index contributed by atoms with van der Waals surface area (Å²) in [6.45, 7) is 6.31. The summed E-state index contributed by atoms with van der Waals surface area (Å²) in [6.07, 6.45) is 4.17. The van der Waals surface area contributed by atoms with Gasteiger partial charge in [0.15, 0.2) is 0 Å². The third kappa shape index (κ3) is 3.02. The molecule has 1 aromatic carbocycles. The van der Waals surface area contributed by atoms with Crippen LogP contribution in [0.2, 0.25) is 0 Å². The largest absolute Gasteiger partial charge is 0.380 e. The van der Waals surface area contributed by atoms with Gasteiger partial charge in [-0.05, 0) is 49.9 Å². The second-order valence-corrected chi connectivity index (χ2v) is 5.60. The van der Waals surface area contributed by atoms with Crippen molar-refractivity contribution in [1.29, 1.82) is 0 Å². The average molecular weight is 281 g/mol. The van der Waals surface area contributed by atoms with Crippen LogP contribution in [-0.4, -0.2) is 24.1 Å². The molecule has 0 amide bonds. The average Bonchev–Trinajstić information content (AvgIpc) is 2.92. The van der Waals surface area contributed by atoms with Gasteiger partial charge in [0.25, 0.3) is 0 Å². The van der Waals surface area contributed by atoms with Crippen LogP contribution in [0.5, 0.6) is 0 Å². The fourth-order valence-electron chi connectivity index (χ4n) is 3.10. The number of fused-ring (bicyclic) bond motifs is 1. The van der Waals surface area contributed by atoms with Crippen LogP contribution in [0.1, 0.15) is 25.0 Å². The first kappa shape index (κ1) is 13.9. The topological polar surface area (TPSA) is 28.2 Å². The van der Waals surface area contributed by atoms with Gasteiger partial charge in [-0.3, -0.25) is 0 Å². The zero-order valence-corrected chi connectivity index (χ0v) is 12.8. The van der Waals surface area contributed by atoms with Crippen molar-refractivity contribution in [1.82, 2.24) is 4.98 Å². The van der Waals surface area contributed by atoms with E-state index in [0.29, 0.717) is 6.04 Å². The molecule has 0 unspecified atom stereocenters. The fourth-order valence-corrected chi connectivity index (χ4v) is 3.10. The van der Waals surface area contributed by atoms with Crippen LogP contribution in [-0.2, 0) is 12.8 Å². The van der Waals surface area contributed by atoms with Crippen LogP contribution in [0.4, 0.5) is 11.5 Å². The molecule has 2 aromatic rings. The molecule has 0 bridgehead atoms. The summed E-state index contributed by atoms with van der Waals surface area (Å²) in [5.41, 5.74) is 4.06. The Labute approximate surface area is 127 Å². The smallest absolute Gasteiger partial charge is 0.128 e. The quantitative estimate of drug-likeness (QED) is 0.909. The Morgan fingerprint density at radius 1 is 1.05 bits per heavy atom. The Morgan fingerprint density at radius 2 is 1.71 bits per heavy atom. The molecule has 0 atom stereocenters. The van der Waals surface area contributed by atoms with E-state index in [-0.39, 0.29) is 0 Å². The molecule has 0 saturated carbocycles. The maximum Gasteiger partial charge on any atom is 0.128 e. The second kappa shape index (κ2) is 6.17. The van der Waals surface area contributed by atoms with Gasteiger partial charge in [0, 0.05) is 19.1 Å². The van der Waals surface area contributed by atoms with E-state index in [0.717, 1.165) is 37.4 Å². The number of hydrogen-bond donors (Lipinski definition) is 1. The summed E-state index contributed by atoms with van der Waals surface area (Å²) in [7, 11) is 0. The van der Waals surface area contributed by atoms with Gasteiger partial charge in [-0.1, -0.05) is 24.3 Å². The van der Waals surface area contributed by atoms with Crippen LogP contribution in [0.15, 0.2) is 42.6 Å². The summed E-state index contributed by atoms with van der Waals surface area (Å²) in [4.78, 5) is 6.83. The Hall–Kier alpha value is -2.03. The summed E-state index contributed by atoms with van der Waals surface area (Å²) >= 11 is 0. The first-order valence-electron chi connectivity index (χ1n) is 7.84. The van der Waals surface area contributed by atoms with E-state index in [4.69, 9.17) is 0 Å². The lowest BCUT2D eigenvalue weighted by Crippen LogP contribution is -2.23. The second-order valence-electron chi connectivity index (χ2n) is 5.60. The number of benzene rings is 1. The van der Waals surface area contributed by atoms with Gasteiger partial charge < -0.3 is 10.2 Å². The zero-order chi connectivity index (χ0) is 14.7. The molecule has 1 N–H and O–H groups in total. The van der Waals surface area contributed by atoms with E-state index >= 15 is 0 Å². The highest BCUT2D eigenvalue weighted by molar-refractivity contribution is 5.50. The van der Waals surface area contributed by atoms with Crippen molar-refractivity contribution < 1.29 is 0 Å². The van der Waals surface area contributed by atoms with E-state index in [1.54, 1.807) is 0 Å². The van der Waals surface area contributed by atoms with Crippen molar-refractivity contribution >= 4 is 11.5 Å². The third-order valence-corrected chi connectivity index (χ3v) is 4.26. The molecule has 0 aliphatic heterocycles. The van der Waals surface area contributed by atoms with Crippen molar-refractivity contribution in [3.05, 3.63) is 53.7 Å². The van der Waals surface area contributed by atoms with Crippen LogP contribution in [0, 0.1) is 0 Å². The Bertz CT molecular complexity index is 563. The van der Waals surface area contributed by atoms with Crippen molar-refractivity contribution in [3.63, 3.8) is 0 Å². The molecule has 3 heteroatoms. The molecule has 1 aromatic heterocycles. The normalized spacial score (nSPS) is 14.0. The van der Waals surface area contributed by atoms with E-state index in [9.17, 15) is 0 Å². The van der Waals surface area contributed by atoms with Crippen molar-refractivity contribution in [2.24, 2.45) is 0 Å². The van der Waals surface area contributed by atoms with Gasteiger partial charge in [-0.25, -0.2) is 4.98 Å². The van der Waals surface area contributed by atoms with Gasteiger partial charge in [-0.2, -0.15) is 0 Å². The maximum atomic E-state index is 4.58. The molecule has 110 valence electrons. The lowest BCUT2D eigenvalue weighted by molar-refractivity contribution is 0.773. The Kier molecular flexibility index (Phi) is 4.09. The molecule has 0 radical (unpaired) electrons. The molecule has 3 nitrogen and oxygen atoms in total. The summed E-state index contributed by atoms with van der Waals surface area (Å²) < 4.78 is 0. The first-order valence-corrected chi connectivity index (χ1v) is 7.84. The zero-order valence-electron chi connectivity index (χ0n) is 12.8. The minimum atomic E-state index is 0.489. The highest BCUT2D eigenvalue weighted by Gasteiger charge is 2.20. The monoisotopic (exact) mass is 281 g/mol. The lowest BCUT2D eigenvalue weighted by Gasteiger charge is -2.20. The summed E-state index contributed by atoms with van der Waals surface area (Å²) in [6, 6.07) is 13.5. The molecular weight excluding hydrogens is 258 g/mol. The van der Waals surface area contributed by atoms with Gasteiger partial charge in [0.1, 0.15) is 5.82 Å². The van der Waals surface area contributed by atoms with Gasteiger partial charge in [0.2, 0.25) is 0 Å².